The first-order chi connectivity index (χ1) is 11.1. The predicted octanol–water partition coefficient (Wildman–Crippen LogP) is 3.23. The van der Waals surface area contributed by atoms with Crippen LogP contribution in [0.4, 0.5) is 11.4 Å². The number of nitro groups is 2. The van der Waals surface area contributed by atoms with E-state index in [1.54, 1.807) is 0 Å². The SMILES string of the molecule is Cc1cccc([N+](=O)[O-])c1S(=O)(=O)Oc1ccc([N+](=O)[O-])cc1Cl. The third-order valence-electron chi connectivity index (χ3n) is 2.96. The molecule has 0 radical (unpaired) electrons. The number of benzene rings is 2. The van der Waals surface area contributed by atoms with Gasteiger partial charge in [-0.3, -0.25) is 20.2 Å². The number of halogens is 1. The molecule has 24 heavy (non-hydrogen) atoms. The second-order valence-electron chi connectivity index (χ2n) is 4.59. The number of aryl methyl sites for hydroxylation is 1. The van der Waals surface area contributed by atoms with Crippen LogP contribution in [0.5, 0.6) is 5.75 Å². The van der Waals surface area contributed by atoms with E-state index < -0.39 is 30.5 Å². The van der Waals surface area contributed by atoms with E-state index in [1.165, 1.54) is 19.1 Å². The first kappa shape index (κ1) is 17.6. The lowest BCUT2D eigenvalue weighted by Crippen LogP contribution is -2.14. The van der Waals surface area contributed by atoms with E-state index in [0.717, 1.165) is 24.3 Å². The molecule has 0 spiro atoms. The molecular formula is C13H9ClN2O7S. The Morgan fingerprint density at radius 2 is 1.75 bits per heavy atom. The second kappa shape index (κ2) is 6.42. The van der Waals surface area contributed by atoms with Crippen molar-refractivity contribution in [3.05, 3.63) is 67.2 Å². The van der Waals surface area contributed by atoms with E-state index >= 15 is 0 Å². The molecule has 0 unspecified atom stereocenters. The molecule has 0 aromatic heterocycles. The summed E-state index contributed by atoms with van der Waals surface area (Å²) in [6, 6.07) is 6.66. The Hall–Kier alpha value is -2.72. The zero-order valence-electron chi connectivity index (χ0n) is 12.0. The van der Waals surface area contributed by atoms with Crippen LogP contribution in [0.2, 0.25) is 5.02 Å². The summed E-state index contributed by atoms with van der Waals surface area (Å²) < 4.78 is 29.6. The first-order valence-electron chi connectivity index (χ1n) is 6.26. The number of rotatable bonds is 5. The van der Waals surface area contributed by atoms with Crippen molar-refractivity contribution in [2.45, 2.75) is 11.8 Å². The minimum atomic E-state index is -4.57. The van der Waals surface area contributed by atoms with Gasteiger partial charge in [0.1, 0.15) is 0 Å². The molecule has 0 atom stereocenters. The Balaban J connectivity index is 2.51. The lowest BCUT2D eigenvalue weighted by molar-refractivity contribution is -0.388. The van der Waals surface area contributed by atoms with Gasteiger partial charge >= 0.3 is 10.1 Å². The Bertz CT molecular complexity index is 943. The number of hydrogen-bond acceptors (Lipinski definition) is 7. The van der Waals surface area contributed by atoms with Crippen molar-refractivity contribution in [2.24, 2.45) is 0 Å². The molecule has 2 rings (SSSR count). The van der Waals surface area contributed by atoms with Crippen LogP contribution >= 0.6 is 11.6 Å². The van der Waals surface area contributed by atoms with Crippen molar-refractivity contribution in [2.75, 3.05) is 0 Å². The van der Waals surface area contributed by atoms with Crippen molar-refractivity contribution >= 4 is 33.1 Å². The molecule has 0 aliphatic rings. The highest BCUT2D eigenvalue weighted by atomic mass is 35.5. The second-order valence-corrected chi connectivity index (χ2v) is 6.48. The van der Waals surface area contributed by atoms with Gasteiger partial charge in [0.25, 0.3) is 11.4 Å². The smallest absolute Gasteiger partial charge is 0.346 e. The summed E-state index contributed by atoms with van der Waals surface area (Å²) in [6.07, 6.45) is 0. The van der Waals surface area contributed by atoms with Gasteiger partial charge in [-0.25, -0.2) is 0 Å². The van der Waals surface area contributed by atoms with Gasteiger partial charge in [-0.1, -0.05) is 23.7 Å². The highest BCUT2D eigenvalue weighted by Crippen LogP contribution is 2.34. The largest absolute Gasteiger partial charge is 0.377 e. The molecule has 0 saturated carbocycles. The average Bonchev–Trinajstić information content (AvgIpc) is 2.48. The summed E-state index contributed by atoms with van der Waals surface area (Å²) in [5.41, 5.74) is -0.887. The molecule has 0 aliphatic carbocycles. The van der Waals surface area contributed by atoms with Crippen molar-refractivity contribution in [1.82, 2.24) is 0 Å². The van der Waals surface area contributed by atoms with Crippen LogP contribution in [0.25, 0.3) is 0 Å². The van der Waals surface area contributed by atoms with Crippen LogP contribution in [-0.4, -0.2) is 18.3 Å². The van der Waals surface area contributed by atoms with Crippen molar-refractivity contribution in [3.63, 3.8) is 0 Å². The molecule has 2 aromatic carbocycles. The van der Waals surface area contributed by atoms with Crippen LogP contribution in [-0.2, 0) is 10.1 Å². The van der Waals surface area contributed by atoms with Crippen LogP contribution < -0.4 is 4.18 Å². The fourth-order valence-corrected chi connectivity index (χ4v) is 3.52. The summed E-state index contributed by atoms with van der Waals surface area (Å²) in [4.78, 5) is 19.5. The number of nitro benzene ring substituents is 2. The van der Waals surface area contributed by atoms with Gasteiger partial charge in [-0.05, 0) is 18.6 Å². The van der Waals surface area contributed by atoms with E-state index in [1.807, 2.05) is 0 Å². The van der Waals surface area contributed by atoms with Gasteiger partial charge < -0.3 is 4.18 Å². The van der Waals surface area contributed by atoms with E-state index in [2.05, 4.69) is 0 Å². The van der Waals surface area contributed by atoms with Crippen LogP contribution in [0.1, 0.15) is 5.56 Å². The molecule has 11 heteroatoms. The molecule has 0 heterocycles. The summed E-state index contributed by atoms with van der Waals surface area (Å²) in [5.74, 6) is -0.375. The van der Waals surface area contributed by atoms with Crippen LogP contribution in [0, 0.1) is 27.2 Å². The van der Waals surface area contributed by atoms with Gasteiger partial charge in [0.05, 0.1) is 14.9 Å². The van der Waals surface area contributed by atoms with E-state index in [9.17, 15) is 28.6 Å². The minimum absolute atomic E-state index is 0.113. The van der Waals surface area contributed by atoms with Crippen molar-refractivity contribution in [1.29, 1.82) is 0 Å². The molecule has 0 N–H and O–H groups in total. The zero-order chi connectivity index (χ0) is 18.1. The molecule has 0 bridgehead atoms. The van der Waals surface area contributed by atoms with Gasteiger partial charge in [0.2, 0.25) is 0 Å². The molecule has 126 valence electrons. The Kier molecular flexibility index (Phi) is 4.71. The Morgan fingerprint density at radius 1 is 1.08 bits per heavy atom. The van der Waals surface area contributed by atoms with Crippen LogP contribution in [0.3, 0.4) is 0 Å². The molecule has 2 aromatic rings. The number of non-ortho nitro benzene ring substituents is 1. The van der Waals surface area contributed by atoms with Crippen LogP contribution in [0.15, 0.2) is 41.3 Å². The van der Waals surface area contributed by atoms with E-state index in [0.29, 0.717) is 0 Å². The third kappa shape index (κ3) is 3.44. The number of hydrogen-bond donors (Lipinski definition) is 0. The minimum Gasteiger partial charge on any atom is -0.377 e. The lowest BCUT2D eigenvalue weighted by atomic mass is 10.2. The van der Waals surface area contributed by atoms with Gasteiger partial charge in [-0.15, -0.1) is 0 Å². The van der Waals surface area contributed by atoms with Crippen molar-refractivity contribution in [3.8, 4) is 5.75 Å². The Morgan fingerprint density at radius 3 is 2.29 bits per heavy atom. The summed E-state index contributed by atoms with van der Waals surface area (Å²) >= 11 is 5.78. The quantitative estimate of drug-likeness (QED) is 0.447. The maximum absolute atomic E-state index is 12.4. The monoisotopic (exact) mass is 372 g/mol. The van der Waals surface area contributed by atoms with Gasteiger partial charge in [-0.2, -0.15) is 8.42 Å². The normalized spacial score (nSPS) is 11.1. The highest BCUT2D eigenvalue weighted by molar-refractivity contribution is 7.87. The lowest BCUT2D eigenvalue weighted by Gasteiger charge is -2.10. The predicted molar refractivity (Wildman–Crippen MR) is 83.8 cm³/mol. The average molecular weight is 373 g/mol. The standard InChI is InChI=1S/C13H9ClN2O7S/c1-8-3-2-4-11(16(19)20)13(8)24(21,22)23-12-6-5-9(15(17)18)7-10(12)14/h2-7H,1H3. The topological polar surface area (TPSA) is 130 Å². The first-order valence-corrected chi connectivity index (χ1v) is 8.04. The maximum atomic E-state index is 12.4. The number of nitrogens with zero attached hydrogens (tertiary/aromatic N) is 2. The molecular weight excluding hydrogens is 364 g/mol. The summed E-state index contributed by atoms with van der Waals surface area (Å²) in [6.45, 7) is 1.38. The van der Waals surface area contributed by atoms with Gasteiger partial charge in [0, 0.05) is 18.2 Å². The van der Waals surface area contributed by atoms with Crippen molar-refractivity contribution < 1.29 is 22.4 Å². The fraction of sp³-hybridized carbons (Fsp3) is 0.0769. The molecule has 0 aliphatic heterocycles. The third-order valence-corrected chi connectivity index (χ3v) is 4.69. The zero-order valence-corrected chi connectivity index (χ0v) is 13.6. The van der Waals surface area contributed by atoms with Gasteiger partial charge in [0.15, 0.2) is 10.6 Å². The van der Waals surface area contributed by atoms with E-state index in [-0.39, 0.29) is 22.0 Å². The fourth-order valence-electron chi connectivity index (χ4n) is 1.94. The summed E-state index contributed by atoms with van der Waals surface area (Å²) in [7, 11) is -4.57. The highest BCUT2D eigenvalue weighted by Gasteiger charge is 2.30. The van der Waals surface area contributed by atoms with E-state index in [4.69, 9.17) is 15.8 Å². The summed E-state index contributed by atoms with van der Waals surface area (Å²) in [5, 5.41) is 21.4. The molecule has 0 fully saturated rings. The molecule has 9 nitrogen and oxygen atoms in total. The Labute approximate surface area is 140 Å². The maximum Gasteiger partial charge on any atom is 0.346 e. The molecule has 0 amide bonds. The molecule has 0 saturated heterocycles.